The van der Waals surface area contributed by atoms with Crippen LogP contribution in [0.4, 0.5) is 17.1 Å². The van der Waals surface area contributed by atoms with E-state index >= 15 is 0 Å². The Kier molecular flexibility index (Phi) is 9.91. The van der Waals surface area contributed by atoms with E-state index in [0.29, 0.717) is 5.92 Å². The van der Waals surface area contributed by atoms with E-state index in [1.807, 2.05) is 6.20 Å². The summed E-state index contributed by atoms with van der Waals surface area (Å²) in [5, 5.41) is 2.47. The van der Waals surface area contributed by atoms with Gasteiger partial charge >= 0.3 is 0 Å². The van der Waals surface area contributed by atoms with E-state index in [9.17, 15) is 0 Å². The molecule has 65 heavy (non-hydrogen) atoms. The van der Waals surface area contributed by atoms with E-state index in [2.05, 4.69) is 198 Å². The smallest absolute Gasteiger partial charge is 0.217 e. The number of aryl methyl sites for hydroxylation is 3. The second-order valence-corrected chi connectivity index (χ2v) is 20.7. The predicted molar refractivity (Wildman–Crippen MR) is 271 cm³/mol. The van der Waals surface area contributed by atoms with Crippen LogP contribution in [0.5, 0.6) is 0 Å². The van der Waals surface area contributed by atoms with Crippen LogP contribution in [0.25, 0.3) is 38.8 Å². The maximum absolute atomic E-state index is 7.19. The van der Waals surface area contributed by atoms with Crippen molar-refractivity contribution in [3.05, 3.63) is 184 Å². The molecule has 0 unspecified atom stereocenters. The van der Waals surface area contributed by atoms with Crippen LogP contribution in [0.2, 0.25) is 0 Å². The third-order valence-corrected chi connectivity index (χ3v) is 14.9. The summed E-state index contributed by atoms with van der Waals surface area (Å²) in [7, 11) is 0. The fraction of sp³-hybridized carbons (Fsp3) is 0.300. The molecule has 4 heterocycles. The fourth-order valence-corrected chi connectivity index (χ4v) is 11.4. The van der Waals surface area contributed by atoms with E-state index in [1.54, 1.807) is 0 Å². The summed E-state index contributed by atoms with van der Waals surface area (Å²) in [4.78, 5) is 13.2. The van der Waals surface area contributed by atoms with Gasteiger partial charge in [-0.15, -0.1) is 0 Å². The Bertz CT molecular complexity index is 3160. The Morgan fingerprint density at radius 1 is 0.646 bits per heavy atom. The van der Waals surface area contributed by atoms with E-state index in [1.165, 1.54) is 93.1 Å². The standard InChI is InChI=1S/C60H60N4O/c1-37-26-27-50-46(30-37)47-35-49-53(36-52(47)64(50)54-34-44(28-29-61-54)59(4,5)6)63(51-25-16-15-24-48(51)60(49,7)8)45-32-42(55-38(2)18-17-19-39(55)3)31-43(33-45)58-62-56(40-20-11-9-12-21-40)57(65-58)41-22-13-10-14-23-41/h10,13-19,22-36,40,56-57H,9,11-12,20-21H2,1-8H3/t56-,57-/m1/s1. The molecule has 0 spiro atoms. The van der Waals surface area contributed by atoms with Gasteiger partial charge < -0.3 is 9.64 Å². The number of benzene rings is 6. The van der Waals surface area contributed by atoms with Crippen LogP contribution in [0, 0.1) is 26.7 Å². The number of hydrogen-bond donors (Lipinski definition) is 0. The average Bonchev–Trinajstić information content (AvgIpc) is 3.89. The Morgan fingerprint density at radius 2 is 1.37 bits per heavy atom. The first-order valence-electron chi connectivity index (χ1n) is 23.8. The van der Waals surface area contributed by atoms with E-state index < -0.39 is 0 Å². The number of nitrogens with zero attached hydrogens (tertiary/aromatic N) is 4. The monoisotopic (exact) mass is 852 g/mol. The van der Waals surface area contributed by atoms with Crippen molar-refractivity contribution in [1.82, 2.24) is 9.55 Å². The third-order valence-electron chi connectivity index (χ3n) is 14.9. The maximum Gasteiger partial charge on any atom is 0.217 e. The highest BCUT2D eigenvalue weighted by molar-refractivity contribution is 6.12. The highest BCUT2D eigenvalue weighted by atomic mass is 16.5. The highest BCUT2D eigenvalue weighted by Gasteiger charge is 2.41. The highest BCUT2D eigenvalue weighted by Crippen LogP contribution is 2.54. The molecule has 2 atom stereocenters. The average molecular weight is 853 g/mol. The van der Waals surface area contributed by atoms with Crippen LogP contribution in [-0.4, -0.2) is 21.5 Å². The van der Waals surface area contributed by atoms with Gasteiger partial charge in [-0.1, -0.05) is 132 Å². The molecule has 2 aliphatic heterocycles. The predicted octanol–water partition coefficient (Wildman–Crippen LogP) is 15.6. The van der Waals surface area contributed by atoms with Crippen LogP contribution >= 0.6 is 0 Å². The molecular formula is C60H60N4O. The normalized spacial score (nSPS) is 18.4. The number of pyridine rings is 1. The van der Waals surface area contributed by atoms with Crippen molar-refractivity contribution in [3.63, 3.8) is 0 Å². The van der Waals surface area contributed by atoms with Gasteiger partial charge in [0.05, 0.1) is 28.5 Å². The molecule has 1 fully saturated rings. The molecular weight excluding hydrogens is 793 g/mol. The molecule has 3 aliphatic rings. The summed E-state index contributed by atoms with van der Waals surface area (Å²) < 4.78 is 9.57. The van der Waals surface area contributed by atoms with Crippen molar-refractivity contribution in [2.24, 2.45) is 10.9 Å². The molecule has 0 radical (unpaired) electrons. The number of hydrogen-bond acceptors (Lipinski definition) is 4. The van der Waals surface area contributed by atoms with Gasteiger partial charge in [0.1, 0.15) is 11.9 Å². The molecule has 6 aromatic carbocycles. The lowest BCUT2D eigenvalue weighted by Crippen LogP contribution is -2.30. The Balaban J connectivity index is 1.17. The number of rotatable bonds is 6. The second-order valence-electron chi connectivity index (χ2n) is 20.7. The van der Waals surface area contributed by atoms with Crippen LogP contribution in [0.3, 0.4) is 0 Å². The summed E-state index contributed by atoms with van der Waals surface area (Å²) >= 11 is 0. The zero-order valence-electron chi connectivity index (χ0n) is 39.2. The maximum atomic E-state index is 7.19. The van der Waals surface area contributed by atoms with Gasteiger partial charge in [0.15, 0.2) is 0 Å². The van der Waals surface area contributed by atoms with Crippen LogP contribution in [0.15, 0.2) is 145 Å². The van der Waals surface area contributed by atoms with Gasteiger partial charge in [-0.05, 0) is 150 Å². The molecule has 5 heteroatoms. The van der Waals surface area contributed by atoms with Crippen molar-refractivity contribution in [2.75, 3.05) is 4.90 Å². The number of aromatic nitrogens is 2. The van der Waals surface area contributed by atoms with Crippen molar-refractivity contribution >= 4 is 44.8 Å². The molecule has 11 rings (SSSR count). The van der Waals surface area contributed by atoms with Crippen LogP contribution in [-0.2, 0) is 15.6 Å². The van der Waals surface area contributed by atoms with Gasteiger partial charge in [0.25, 0.3) is 0 Å². The van der Waals surface area contributed by atoms with Gasteiger partial charge in [0, 0.05) is 33.6 Å². The first-order valence-corrected chi connectivity index (χ1v) is 23.8. The number of aliphatic imine (C=N–C) groups is 1. The van der Waals surface area contributed by atoms with Gasteiger partial charge in [-0.2, -0.15) is 0 Å². The lowest BCUT2D eigenvalue weighted by atomic mass is 9.73. The minimum atomic E-state index is -0.291. The van der Waals surface area contributed by atoms with E-state index in [-0.39, 0.29) is 23.0 Å². The molecule has 8 aromatic rings. The van der Waals surface area contributed by atoms with Gasteiger partial charge in [0.2, 0.25) is 5.90 Å². The van der Waals surface area contributed by atoms with Crippen molar-refractivity contribution in [1.29, 1.82) is 0 Å². The topological polar surface area (TPSA) is 42.7 Å². The Hall–Kier alpha value is -6.46. The van der Waals surface area contributed by atoms with E-state index in [0.717, 1.165) is 45.3 Å². The van der Waals surface area contributed by atoms with Crippen LogP contribution < -0.4 is 4.90 Å². The Morgan fingerprint density at radius 3 is 2.14 bits per heavy atom. The molecule has 1 saturated carbocycles. The lowest BCUT2D eigenvalue weighted by Gasteiger charge is -2.42. The zero-order chi connectivity index (χ0) is 44.8. The van der Waals surface area contributed by atoms with Gasteiger partial charge in [-0.3, -0.25) is 4.57 Å². The van der Waals surface area contributed by atoms with Crippen molar-refractivity contribution in [3.8, 4) is 16.9 Å². The van der Waals surface area contributed by atoms with Crippen molar-refractivity contribution < 1.29 is 4.74 Å². The Labute approximate surface area is 384 Å². The molecule has 0 saturated heterocycles. The minimum Gasteiger partial charge on any atom is -0.467 e. The molecule has 326 valence electrons. The third kappa shape index (κ3) is 6.97. The first-order chi connectivity index (χ1) is 31.3. The second kappa shape index (κ2) is 15.6. The lowest BCUT2D eigenvalue weighted by molar-refractivity contribution is 0.150. The number of fused-ring (bicyclic) bond motifs is 5. The number of para-hydroxylation sites is 1. The first kappa shape index (κ1) is 41.3. The van der Waals surface area contributed by atoms with Gasteiger partial charge in [-0.25, -0.2) is 9.98 Å². The van der Waals surface area contributed by atoms with Crippen LogP contribution in [0.1, 0.15) is 117 Å². The molecule has 0 amide bonds. The van der Waals surface area contributed by atoms with E-state index in [4.69, 9.17) is 14.7 Å². The SMILES string of the molecule is Cc1ccc2c(c1)c1cc3c(cc1n2-c1cc(C(C)(C)C)ccn1)N(c1cc(C2=N[C@H](C4CCCCC4)[C@@H](c4ccccc4)O2)cc(-c2c(C)cccc2C)c1)c1ccccc1C3(C)C. The quantitative estimate of drug-likeness (QED) is 0.167. The summed E-state index contributed by atoms with van der Waals surface area (Å²) in [6, 6.07) is 49.8. The number of ether oxygens (including phenoxy) is 1. The fourth-order valence-electron chi connectivity index (χ4n) is 11.4. The summed E-state index contributed by atoms with van der Waals surface area (Å²) in [5.41, 5.74) is 17.6. The molecule has 1 aliphatic carbocycles. The number of anilines is 3. The summed E-state index contributed by atoms with van der Waals surface area (Å²) in [5.74, 6) is 2.16. The largest absolute Gasteiger partial charge is 0.467 e. The zero-order valence-corrected chi connectivity index (χ0v) is 39.2. The van der Waals surface area contributed by atoms with Crippen molar-refractivity contribution in [2.45, 2.75) is 110 Å². The molecule has 0 bridgehead atoms. The molecule has 5 nitrogen and oxygen atoms in total. The molecule has 0 N–H and O–H groups in total. The summed E-state index contributed by atoms with van der Waals surface area (Å²) in [6.07, 6.45) is 8.06. The molecule has 2 aromatic heterocycles. The summed E-state index contributed by atoms with van der Waals surface area (Å²) in [6.45, 7) is 18.3. The minimum absolute atomic E-state index is 0.0280.